The van der Waals surface area contributed by atoms with Crippen LogP contribution < -0.4 is 15.8 Å². The average molecular weight is 278 g/mol. The van der Waals surface area contributed by atoms with Gasteiger partial charge in [-0.25, -0.2) is 4.39 Å². The van der Waals surface area contributed by atoms with Crippen LogP contribution in [-0.4, -0.2) is 13.2 Å². The number of rotatable bonds is 6. The molecule has 1 unspecified atom stereocenters. The molecule has 2 aromatic rings. The topological polar surface area (TPSA) is 60.4 Å². The third-order valence-corrected chi connectivity index (χ3v) is 3.13. The minimum absolute atomic E-state index is 0.0999. The lowest BCUT2D eigenvalue weighted by atomic mass is 10.1. The van der Waals surface area contributed by atoms with E-state index in [-0.39, 0.29) is 11.9 Å². The highest BCUT2D eigenvalue weighted by Gasteiger charge is 2.11. The number of methoxy groups -OCH3 is 1. The largest absolute Gasteiger partial charge is 0.495 e. The van der Waals surface area contributed by atoms with Gasteiger partial charge in [0.2, 0.25) is 0 Å². The molecule has 1 aromatic heterocycles. The Morgan fingerprint density at radius 2 is 2.25 bits per heavy atom. The molecule has 0 fully saturated rings. The summed E-state index contributed by atoms with van der Waals surface area (Å²) in [5.41, 5.74) is 6.33. The molecule has 3 N–H and O–H groups in total. The molecule has 5 heteroatoms. The van der Waals surface area contributed by atoms with E-state index in [1.165, 1.54) is 13.2 Å². The molecule has 0 aliphatic carbocycles. The van der Waals surface area contributed by atoms with E-state index < -0.39 is 0 Å². The number of nitrogen functional groups attached to an aromatic ring is 1. The van der Waals surface area contributed by atoms with Gasteiger partial charge < -0.3 is 20.2 Å². The molecule has 2 rings (SSSR count). The molecule has 0 saturated carbocycles. The Morgan fingerprint density at radius 1 is 1.45 bits per heavy atom. The van der Waals surface area contributed by atoms with E-state index >= 15 is 0 Å². The molecule has 0 aliphatic rings. The van der Waals surface area contributed by atoms with Crippen LogP contribution in [0.4, 0.5) is 15.8 Å². The number of nitrogens with one attached hydrogen (secondary N) is 1. The fourth-order valence-corrected chi connectivity index (χ4v) is 2.01. The van der Waals surface area contributed by atoms with Gasteiger partial charge in [-0.15, -0.1) is 0 Å². The van der Waals surface area contributed by atoms with Crippen molar-refractivity contribution in [1.82, 2.24) is 0 Å². The number of aryl methyl sites for hydroxylation is 1. The van der Waals surface area contributed by atoms with Crippen molar-refractivity contribution < 1.29 is 13.5 Å². The van der Waals surface area contributed by atoms with Gasteiger partial charge in [0.05, 0.1) is 24.7 Å². The number of hydrogen-bond acceptors (Lipinski definition) is 4. The van der Waals surface area contributed by atoms with E-state index in [0.29, 0.717) is 17.1 Å². The van der Waals surface area contributed by atoms with E-state index in [2.05, 4.69) is 5.32 Å². The summed E-state index contributed by atoms with van der Waals surface area (Å²) in [4.78, 5) is 0. The molecule has 1 atom stereocenters. The average Bonchev–Trinajstić information content (AvgIpc) is 2.93. The number of anilines is 2. The van der Waals surface area contributed by atoms with Gasteiger partial charge in [-0.05, 0) is 25.5 Å². The van der Waals surface area contributed by atoms with Gasteiger partial charge in [-0.2, -0.15) is 0 Å². The van der Waals surface area contributed by atoms with E-state index in [4.69, 9.17) is 14.9 Å². The van der Waals surface area contributed by atoms with Crippen LogP contribution in [0.1, 0.15) is 19.1 Å². The highest BCUT2D eigenvalue weighted by atomic mass is 19.1. The van der Waals surface area contributed by atoms with Crippen molar-refractivity contribution in [2.24, 2.45) is 0 Å². The predicted octanol–water partition coefficient (Wildman–Crippen LogP) is 3.44. The van der Waals surface area contributed by atoms with E-state index in [9.17, 15) is 4.39 Å². The summed E-state index contributed by atoms with van der Waals surface area (Å²) in [7, 11) is 1.51. The van der Waals surface area contributed by atoms with Crippen LogP contribution in [0.3, 0.4) is 0 Å². The van der Waals surface area contributed by atoms with Crippen LogP contribution in [0, 0.1) is 5.82 Å². The summed E-state index contributed by atoms with van der Waals surface area (Å²) in [6.45, 7) is 1.99. The van der Waals surface area contributed by atoms with Crippen LogP contribution >= 0.6 is 0 Å². The number of benzene rings is 1. The molecule has 108 valence electrons. The Labute approximate surface area is 117 Å². The minimum Gasteiger partial charge on any atom is -0.495 e. The Bertz CT molecular complexity index is 555. The van der Waals surface area contributed by atoms with Gasteiger partial charge >= 0.3 is 0 Å². The summed E-state index contributed by atoms with van der Waals surface area (Å²) in [6.07, 6.45) is 3.28. The van der Waals surface area contributed by atoms with Crippen molar-refractivity contribution in [3.8, 4) is 5.75 Å². The van der Waals surface area contributed by atoms with Crippen molar-refractivity contribution in [1.29, 1.82) is 0 Å². The molecule has 4 nitrogen and oxygen atoms in total. The zero-order valence-electron chi connectivity index (χ0n) is 11.7. The molecule has 0 spiro atoms. The third-order valence-electron chi connectivity index (χ3n) is 3.13. The highest BCUT2D eigenvalue weighted by molar-refractivity contribution is 5.62. The SMILES string of the molecule is COc1cc(NC(C)CCc2ccco2)c(F)cc1N. The second-order valence-corrected chi connectivity index (χ2v) is 4.74. The standard InChI is InChI=1S/C15H19FN2O2/c1-10(5-6-11-4-3-7-20-11)18-14-9-15(19-2)13(17)8-12(14)16/h3-4,7-10,18H,5-6,17H2,1-2H3. The lowest BCUT2D eigenvalue weighted by molar-refractivity contribution is 0.416. The fourth-order valence-electron chi connectivity index (χ4n) is 2.01. The Kier molecular flexibility index (Phi) is 4.50. The number of hydrogen-bond donors (Lipinski definition) is 2. The van der Waals surface area contributed by atoms with Crippen LogP contribution in [0.5, 0.6) is 5.75 Å². The predicted molar refractivity (Wildman–Crippen MR) is 77.5 cm³/mol. The van der Waals surface area contributed by atoms with Crippen molar-refractivity contribution in [3.05, 3.63) is 42.1 Å². The molecule has 0 amide bonds. The lowest BCUT2D eigenvalue weighted by Crippen LogP contribution is -2.17. The zero-order chi connectivity index (χ0) is 14.5. The number of halogens is 1. The lowest BCUT2D eigenvalue weighted by Gasteiger charge is -2.16. The van der Waals surface area contributed by atoms with E-state index in [1.807, 2.05) is 19.1 Å². The van der Waals surface area contributed by atoms with Crippen molar-refractivity contribution >= 4 is 11.4 Å². The number of nitrogens with two attached hydrogens (primary N) is 1. The second kappa shape index (κ2) is 6.32. The van der Waals surface area contributed by atoms with Crippen molar-refractivity contribution in [3.63, 3.8) is 0 Å². The van der Waals surface area contributed by atoms with Gasteiger partial charge in [0.25, 0.3) is 0 Å². The second-order valence-electron chi connectivity index (χ2n) is 4.74. The molecule has 1 heterocycles. The summed E-state index contributed by atoms with van der Waals surface area (Å²) in [5.74, 6) is 1.01. The quantitative estimate of drug-likeness (QED) is 0.795. The molecule has 0 radical (unpaired) electrons. The third kappa shape index (κ3) is 3.44. The zero-order valence-corrected chi connectivity index (χ0v) is 11.7. The maximum absolute atomic E-state index is 13.8. The first-order valence-electron chi connectivity index (χ1n) is 6.52. The van der Waals surface area contributed by atoms with Crippen LogP contribution in [0.25, 0.3) is 0 Å². The van der Waals surface area contributed by atoms with Gasteiger partial charge in [0.1, 0.15) is 17.3 Å². The number of ether oxygens (including phenoxy) is 1. The van der Waals surface area contributed by atoms with E-state index in [0.717, 1.165) is 18.6 Å². The van der Waals surface area contributed by atoms with Crippen molar-refractivity contribution in [2.75, 3.05) is 18.2 Å². The first-order valence-corrected chi connectivity index (χ1v) is 6.52. The Balaban J connectivity index is 1.98. The van der Waals surface area contributed by atoms with Gasteiger partial charge in [0.15, 0.2) is 0 Å². The first-order chi connectivity index (χ1) is 9.60. The fraction of sp³-hybridized carbons (Fsp3) is 0.333. The van der Waals surface area contributed by atoms with Gasteiger partial charge in [-0.1, -0.05) is 0 Å². The Morgan fingerprint density at radius 3 is 2.90 bits per heavy atom. The highest BCUT2D eigenvalue weighted by Crippen LogP contribution is 2.28. The maximum atomic E-state index is 13.8. The van der Waals surface area contributed by atoms with E-state index in [1.54, 1.807) is 12.3 Å². The molecule has 0 bridgehead atoms. The van der Waals surface area contributed by atoms with Crippen LogP contribution in [0.2, 0.25) is 0 Å². The monoisotopic (exact) mass is 278 g/mol. The summed E-state index contributed by atoms with van der Waals surface area (Å²) in [6, 6.07) is 6.73. The maximum Gasteiger partial charge on any atom is 0.148 e. The smallest absolute Gasteiger partial charge is 0.148 e. The molecule has 0 aliphatic heterocycles. The minimum atomic E-state index is -0.381. The Hall–Kier alpha value is -2.17. The summed E-state index contributed by atoms with van der Waals surface area (Å²) >= 11 is 0. The van der Waals surface area contributed by atoms with Gasteiger partial charge in [0, 0.05) is 24.6 Å². The van der Waals surface area contributed by atoms with Gasteiger partial charge in [-0.3, -0.25) is 0 Å². The normalized spacial score (nSPS) is 12.2. The first kappa shape index (κ1) is 14.2. The summed E-state index contributed by atoms with van der Waals surface area (Å²) in [5, 5.41) is 3.12. The number of furan rings is 1. The molecular weight excluding hydrogens is 259 g/mol. The van der Waals surface area contributed by atoms with Crippen LogP contribution in [0.15, 0.2) is 34.9 Å². The van der Waals surface area contributed by atoms with Crippen LogP contribution in [-0.2, 0) is 6.42 Å². The molecular formula is C15H19FN2O2. The molecule has 0 saturated heterocycles. The van der Waals surface area contributed by atoms with Crippen molar-refractivity contribution in [2.45, 2.75) is 25.8 Å². The molecule has 20 heavy (non-hydrogen) atoms. The molecule has 1 aromatic carbocycles. The summed E-state index contributed by atoms with van der Waals surface area (Å²) < 4.78 is 24.2.